The lowest BCUT2D eigenvalue weighted by Gasteiger charge is -2.00. The van der Waals surface area contributed by atoms with E-state index in [-0.39, 0.29) is 5.91 Å². The van der Waals surface area contributed by atoms with E-state index in [1.807, 2.05) is 13.2 Å². The number of aromatic amines is 1. The Morgan fingerprint density at radius 3 is 3.17 bits per heavy atom. The fourth-order valence-electron chi connectivity index (χ4n) is 0.747. The predicted octanol–water partition coefficient (Wildman–Crippen LogP) is 1.48. The van der Waals surface area contributed by atoms with Crippen molar-refractivity contribution in [2.45, 2.75) is 18.2 Å². The SMILES string of the molecule is CCC(=O)Nc1[nH]ncc1SC. The second kappa shape index (κ2) is 4.15. The zero-order valence-electron chi connectivity index (χ0n) is 7.05. The van der Waals surface area contributed by atoms with Gasteiger partial charge in [-0.2, -0.15) is 5.10 Å². The number of hydrogen-bond donors (Lipinski definition) is 2. The van der Waals surface area contributed by atoms with E-state index in [9.17, 15) is 4.79 Å². The van der Waals surface area contributed by atoms with Crippen molar-refractivity contribution in [3.8, 4) is 0 Å². The lowest BCUT2D eigenvalue weighted by Crippen LogP contribution is -2.10. The van der Waals surface area contributed by atoms with Crippen molar-refractivity contribution in [2.24, 2.45) is 0 Å². The molecule has 0 saturated heterocycles. The van der Waals surface area contributed by atoms with E-state index in [0.29, 0.717) is 12.2 Å². The fourth-order valence-corrected chi connectivity index (χ4v) is 1.21. The molecule has 66 valence electrons. The minimum absolute atomic E-state index is 0.00505. The first kappa shape index (κ1) is 9.12. The van der Waals surface area contributed by atoms with Gasteiger partial charge in [-0.1, -0.05) is 6.92 Å². The van der Waals surface area contributed by atoms with Crippen LogP contribution in [0.15, 0.2) is 11.1 Å². The van der Waals surface area contributed by atoms with Crippen LogP contribution in [0.3, 0.4) is 0 Å². The van der Waals surface area contributed by atoms with Crippen LogP contribution >= 0.6 is 11.8 Å². The summed E-state index contributed by atoms with van der Waals surface area (Å²) in [6.45, 7) is 1.81. The predicted molar refractivity (Wildman–Crippen MR) is 49.3 cm³/mol. The van der Waals surface area contributed by atoms with E-state index >= 15 is 0 Å². The third kappa shape index (κ3) is 2.01. The number of H-pyrrole nitrogens is 1. The van der Waals surface area contributed by atoms with Gasteiger partial charge < -0.3 is 5.32 Å². The van der Waals surface area contributed by atoms with Crippen LogP contribution in [-0.2, 0) is 4.79 Å². The average Bonchev–Trinajstić information content (AvgIpc) is 2.51. The molecule has 4 nitrogen and oxygen atoms in total. The second-order valence-corrected chi connectivity index (χ2v) is 3.06. The normalized spacial score (nSPS) is 9.83. The van der Waals surface area contributed by atoms with Crippen LogP contribution in [0, 0.1) is 0 Å². The molecule has 0 bridgehead atoms. The molecule has 0 spiro atoms. The van der Waals surface area contributed by atoms with Gasteiger partial charge >= 0.3 is 0 Å². The molecular weight excluding hydrogens is 174 g/mol. The van der Waals surface area contributed by atoms with E-state index in [4.69, 9.17) is 0 Å². The van der Waals surface area contributed by atoms with E-state index in [0.717, 1.165) is 4.90 Å². The Hall–Kier alpha value is -0.970. The molecule has 0 aromatic carbocycles. The van der Waals surface area contributed by atoms with Gasteiger partial charge in [0.2, 0.25) is 5.91 Å². The molecule has 1 amide bonds. The summed E-state index contributed by atoms with van der Waals surface area (Å²) in [5.41, 5.74) is 0. The van der Waals surface area contributed by atoms with Gasteiger partial charge in [0.15, 0.2) is 0 Å². The van der Waals surface area contributed by atoms with Crippen LogP contribution in [0.2, 0.25) is 0 Å². The maximum absolute atomic E-state index is 11.0. The Labute approximate surface area is 75.1 Å². The minimum Gasteiger partial charge on any atom is -0.310 e. The molecule has 5 heteroatoms. The maximum Gasteiger partial charge on any atom is 0.225 e. The molecule has 1 aromatic heterocycles. The van der Waals surface area contributed by atoms with Gasteiger partial charge in [-0.3, -0.25) is 9.89 Å². The molecule has 0 unspecified atom stereocenters. The summed E-state index contributed by atoms with van der Waals surface area (Å²) in [4.78, 5) is 11.9. The topological polar surface area (TPSA) is 57.8 Å². The summed E-state index contributed by atoms with van der Waals surface area (Å²) in [5.74, 6) is 0.684. The van der Waals surface area contributed by atoms with Gasteiger partial charge in [0.1, 0.15) is 5.82 Å². The van der Waals surface area contributed by atoms with Crippen molar-refractivity contribution < 1.29 is 4.79 Å². The van der Waals surface area contributed by atoms with Crippen LogP contribution in [0.1, 0.15) is 13.3 Å². The van der Waals surface area contributed by atoms with Gasteiger partial charge in [0.05, 0.1) is 11.1 Å². The first-order valence-electron chi connectivity index (χ1n) is 3.65. The molecule has 0 radical (unpaired) electrons. The quantitative estimate of drug-likeness (QED) is 0.701. The molecule has 0 saturated carbocycles. The molecule has 0 aliphatic heterocycles. The highest BCUT2D eigenvalue weighted by atomic mass is 32.2. The highest BCUT2D eigenvalue weighted by molar-refractivity contribution is 7.98. The Kier molecular flexibility index (Phi) is 3.16. The summed E-state index contributed by atoms with van der Waals surface area (Å²) in [6, 6.07) is 0. The van der Waals surface area contributed by atoms with Gasteiger partial charge in [-0.15, -0.1) is 11.8 Å². The van der Waals surface area contributed by atoms with Gasteiger partial charge in [0, 0.05) is 6.42 Å². The Balaban J connectivity index is 2.68. The van der Waals surface area contributed by atoms with Crippen LogP contribution in [0.5, 0.6) is 0 Å². The summed E-state index contributed by atoms with van der Waals surface area (Å²) in [5, 5.41) is 9.25. The maximum atomic E-state index is 11.0. The Bertz CT molecular complexity index is 271. The molecule has 0 aliphatic rings. The number of anilines is 1. The number of nitrogens with zero attached hydrogens (tertiary/aromatic N) is 1. The van der Waals surface area contributed by atoms with E-state index in [1.165, 1.54) is 0 Å². The number of rotatable bonds is 3. The number of carbonyl (C=O) groups excluding carboxylic acids is 1. The number of hydrogen-bond acceptors (Lipinski definition) is 3. The molecule has 0 atom stereocenters. The number of amides is 1. The smallest absolute Gasteiger partial charge is 0.225 e. The van der Waals surface area contributed by atoms with Gasteiger partial charge in [-0.05, 0) is 6.26 Å². The number of aromatic nitrogens is 2. The first-order valence-corrected chi connectivity index (χ1v) is 4.87. The summed E-state index contributed by atoms with van der Waals surface area (Å²) in [6.07, 6.45) is 4.11. The number of thioether (sulfide) groups is 1. The number of nitrogens with one attached hydrogen (secondary N) is 2. The summed E-state index contributed by atoms with van der Waals surface area (Å²) >= 11 is 1.55. The van der Waals surface area contributed by atoms with Crippen LogP contribution < -0.4 is 5.32 Å². The largest absolute Gasteiger partial charge is 0.310 e. The zero-order valence-corrected chi connectivity index (χ0v) is 7.86. The zero-order chi connectivity index (χ0) is 8.97. The van der Waals surface area contributed by atoms with Crippen molar-refractivity contribution in [1.82, 2.24) is 10.2 Å². The number of carbonyl (C=O) groups is 1. The van der Waals surface area contributed by atoms with Crippen molar-refractivity contribution in [1.29, 1.82) is 0 Å². The molecule has 12 heavy (non-hydrogen) atoms. The van der Waals surface area contributed by atoms with E-state index in [1.54, 1.807) is 18.0 Å². The first-order chi connectivity index (χ1) is 5.77. The Morgan fingerprint density at radius 1 is 1.83 bits per heavy atom. The summed E-state index contributed by atoms with van der Waals surface area (Å²) < 4.78 is 0. The van der Waals surface area contributed by atoms with Crippen LogP contribution in [-0.4, -0.2) is 22.4 Å². The second-order valence-electron chi connectivity index (χ2n) is 2.22. The fraction of sp³-hybridized carbons (Fsp3) is 0.429. The molecule has 1 aromatic rings. The van der Waals surface area contributed by atoms with E-state index < -0.39 is 0 Å². The molecular formula is C7H11N3OS. The Morgan fingerprint density at radius 2 is 2.58 bits per heavy atom. The van der Waals surface area contributed by atoms with Crippen molar-refractivity contribution in [3.05, 3.63) is 6.20 Å². The highest BCUT2D eigenvalue weighted by Gasteiger charge is 2.05. The van der Waals surface area contributed by atoms with Crippen LogP contribution in [0.25, 0.3) is 0 Å². The molecule has 0 aliphatic carbocycles. The van der Waals surface area contributed by atoms with Crippen LogP contribution in [0.4, 0.5) is 5.82 Å². The van der Waals surface area contributed by atoms with E-state index in [2.05, 4.69) is 15.5 Å². The lowest BCUT2D eigenvalue weighted by atomic mass is 10.4. The van der Waals surface area contributed by atoms with Gasteiger partial charge in [0.25, 0.3) is 0 Å². The highest BCUT2D eigenvalue weighted by Crippen LogP contribution is 2.21. The van der Waals surface area contributed by atoms with Gasteiger partial charge in [-0.25, -0.2) is 0 Å². The molecule has 2 N–H and O–H groups in total. The van der Waals surface area contributed by atoms with Crippen molar-refractivity contribution in [3.63, 3.8) is 0 Å². The third-order valence-corrected chi connectivity index (χ3v) is 2.16. The molecule has 1 heterocycles. The molecule has 0 fully saturated rings. The monoisotopic (exact) mass is 185 g/mol. The van der Waals surface area contributed by atoms with Crippen molar-refractivity contribution in [2.75, 3.05) is 11.6 Å². The molecule has 1 rings (SSSR count). The average molecular weight is 185 g/mol. The third-order valence-electron chi connectivity index (χ3n) is 1.41. The summed E-state index contributed by atoms with van der Waals surface area (Å²) in [7, 11) is 0. The van der Waals surface area contributed by atoms with Crippen molar-refractivity contribution >= 4 is 23.5 Å². The lowest BCUT2D eigenvalue weighted by molar-refractivity contribution is -0.115. The minimum atomic E-state index is -0.00505. The standard InChI is InChI=1S/C7H11N3OS/c1-3-6(11)9-7-5(12-2)4-8-10-7/h4H,3H2,1-2H3,(H2,8,9,10,11).